The Morgan fingerprint density at radius 2 is 1.95 bits per heavy atom. The van der Waals surface area contributed by atoms with Gasteiger partial charge in [-0.25, -0.2) is 0 Å². The summed E-state index contributed by atoms with van der Waals surface area (Å²) in [4.78, 5) is 4.57. The second-order valence-corrected chi connectivity index (χ2v) is 5.98. The summed E-state index contributed by atoms with van der Waals surface area (Å²) in [5, 5.41) is 9.60. The van der Waals surface area contributed by atoms with Gasteiger partial charge in [0.25, 0.3) is 0 Å². The second-order valence-electron chi connectivity index (χ2n) is 5.12. The lowest BCUT2D eigenvalue weighted by Crippen LogP contribution is -2.27. The van der Waals surface area contributed by atoms with Crippen molar-refractivity contribution in [3.8, 4) is 0 Å². The van der Waals surface area contributed by atoms with Crippen LogP contribution in [0.1, 0.15) is 31.9 Å². The zero-order chi connectivity index (χ0) is 14.4. The van der Waals surface area contributed by atoms with Gasteiger partial charge in [-0.3, -0.25) is 0 Å². The summed E-state index contributed by atoms with van der Waals surface area (Å²) < 4.78 is 1.05. The maximum absolute atomic E-state index is 9.60. The predicted octanol–water partition coefficient (Wildman–Crippen LogP) is 3.28. The standard InChI is InChI=1S/C15H25BrN2O/c1-5-18(10-6-9-17(3)4)15-8-7-13(12(2)19)11-14(15)16/h7-8,11-12,19H,5-6,9-10H2,1-4H3/t12-/m0/s1. The third-order valence-corrected chi connectivity index (χ3v) is 3.85. The monoisotopic (exact) mass is 328 g/mol. The number of aliphatic hydroxyl groups is 1. The van der Waals surface area contributed by atoms with Crippen LogP contribution < -0.4 is 4.90 Å². The van der Waals surface area contributed by atoms with Gasteiger partial charge in [-0.1, -0.05) is 6.07 Å². The molecule has 19 heavy (non-hydrogen) atoms. The Morgan fingerprint density at radius 1 is 1.26 bits per heavy atom. The highest BCUT2D eigenvalue weighted by atomic mass is 79.9. The number of aliphatic hydroxyl groups excluding tert-OH is 1. The molecule has 0 bridgehead atoms. The fraction of sp³-hybridized carbons (Fsp3) is 0.600. The Kier molecular flexibility index (Phi) is 6.83. The summed E-state index contributed by atoms with van der Waals surface area (Å²) in [6, 6.07) is 6.10. The maximum atomic E-state index is 9.60. The first kappa shape index (κ1) is 16.5. The van der Waals surface area contributed by atoms with Crippen LogP contribution in [0.5, 0.6) is 0 Å². The number of hydrogen-bond acceptors (Lipinski definition) is 3. The Bertz CT molecular complexity index is 394. The minimum absolute atomic E-state index is 0.422. The lowest BCUT2D eigenvalue weighted by molar-refractivity contribution is 0.199. The summed E-state index contributed by atoms with van der Waals surface area (Å²) in [5.41, 5.74) is 2.14. The minimum Gasteiger partial charge on any atom is -0.389 e. The molecule has 0 aliphatic heterocycles. The number of anilines is 1. The summed E-state index contributed by atoms with van der Waals surface area (Å²) in [7, 11) is 4.20. The van der Waals surface area contributed by atoms with Crippen LogP contribution in [0.2, 0.25) is 0 Å². The average Bonchev–Trinajstić information content (AvgIpc) is 2.34. The minimum atomic E-state index is -0.422. The molecule has 1 atom stereocenters. The molecule has 0 radical (unpaired) electrons. The van der Waals surface area contributed by atoms with Crippen LogP contribution in [0, 0.1) is 0 Å². The van der Waals surface area contributed by atoms with Gasteiger partial charge < -0.3 is 14.9 Å². The number of halogens is 1. The van der Waals surface area contributed by atoms with Crippen LogP contribution in [-0.2, 0) is 0 Å². The highest BCUT2D eigenvalue weighted by Crippen LogP contribution is 2.29. The normalized spacial score (nSPS) is 12.8. The van der Waals surface area contributed by atoms with Crippen LogP contribution in [0.25, 0.3) is 0 Å². The van der Waals surface area contributed by atoms with E-state index in [4.69, 9.17) is 0 Å². The quantitative estimate of drug-likeness (QED) is 0.832. The third-order valence-electron chi connectivity index (χ3n) is 3.21. The molecular formula is C15H25BrN2O. The van der Waals surface area contributed by atoms with E-state index < -0.39 is 6.10 Å². The summed E-state index contributed by atoms with van der Waals surface area (Å²) in [6.07, 6.45) is 0.722. The first-order valence-corrected chi connectivity index (χ1v) is 7.62. The lowest BCUT2D eigenvalue weighted by atomic mass is 10.1. The molecule has 0 heterocycles. The second kappa shape index (κ2) is 7.88. The van der Waals surface area contributed by atoms with Gasteiger partial charge in [-0.05, 0) is 74.5 Å². The van der Waals surface area contributed by atoms with Gasteiger partial charge in [0.05, 0.1) is 11.8 Å². The molecule has 1 aromatic rings. The molecule has 0 fully saturated rings. The average molecular weight is 329 g/mol. The van der Waals surface area contributed by atoms with Crippen LogP contribution in [0.3, 0.4) is 0 Å². The molecule has 3 nitrogen and oxygen atoms in total. The van der Waals surface area contributed by atoms with Crippen LogP contribution >= 0.6 is 15.9 Å². The van der Waals surface area contributed by atoms with Crippen molar-refractivity contribution >= 4 is 21.6 Å². The molecule has 0 saturated carbocycles. The van der Waals surface area contributed by atoms with Gasteiger partial charge in [0.2, 0.25) is 0 Å². The topological polar surface area (TPSA) is 26.7 Å². The highest BCUT2D eigenvalue weighted by Gasteiger charge is 2.10. The Balaban J connectivity index is 2.75. The van der Waals surface area contributed by atoms with Gasteiger partial charge in [0.15, 0.2) is 0 Å². The van der Waals surface area contributed by atoms with Crippen molar-refractivity contribution in [3.63, 3.8) is 0 Å². The van der Waals surface area contributed by atoms with E-state index in [9.17, 15) is 5.11 Å². The summed E-state index contributed by atoms with van der Waals surface area (Å²) in [6.45, 7) is 7.09. The molecule has 0 aromatic heterocycles. The molecule has 0 unspecified atom stereocenters. The zero-order valence-electron chi connectivity index (χ0n) is 12.4. The molecule has 0 saturated heterocycles. The molecule has 0 spiro atoms. The molecule has 1 rings (SSSR count). The van der Waals surface area contributed by atoms with E-state index in [0.717, 1.165) is 36.1 Å². The Morgan fingerprint density at radius 3 is 2.42 bits per heavy atom. The van der Waals surface area contributed by atoms with E-state index >= 15 is 0 Å². The van der Waals surface area contributed by atoms with E-state index in [1.807, 2.05) is 12.1 Å². The third kappa shape index (κ3) is 5.13. The number of rotatable bonds is 7. The van der Waals surface area contributed by atoms with E-state index in [1.54, 1.807) is 6.92 Å². The van der Waals surface area contributed by atoms with Crippen molar-refractivity contribution in [2.24, 2.45) is 0 Å². The predicted molar refractivity (Wildman–Crippen MR) is 85.8 cm³/mol. The van der Waals surface area contributed by atoms with E-state index in [-0.39, 0.29) is 0 Å². The Labute approximate surface area is 125 Å². The van der Waals surface area contributed by atoms with E-state index in [1.165, 1.54) is 5.69 Å². The van der Waals surface area contributed by atoms with Crippen molar-refractivity contribution in [2.45, 2.75) is 26.4 Å². The van der Waals surface area contributed by atoms with Gasteiger partial charge in [0.1, 0.15) is 0 Å². The van der Waals surface area contributed by atoms with Crippen LogP contribution in [-0.4, -0.2) is 43.7 Å². The van der Waals surface area contributed by atoms with Crippen molar-refractivity contribution < 1.29 is 5.11 Å². The van der Waals surface area contributed by atoms with Crippen molar-refractivity contribution in [3.05, 3.63) is 28.2 Å². The highest BCUT2D eigenvalue weighted by molar-refractivity contribution is 9.10. The molecule has 4 heteroatoms. The van der Waals surface area contributed by atoms with Crippen LogP contribution in [0.4, 0.5) is 5.69 Å². The molecule has 0 aliphatic rings. The molecular weight excluding hydrogens is 304 g/mol. The largest absolute Gasteiger partial charge is 0.389 e. The molecule has 0 amide bonds. The van der Waals surface area contributed by atoms with E-state index in [2.05, 4.69) is 52.8 Å². The van der Waals surface area contributed by atoms with E-state index in [0.29, 0.717) is 0 Å². The molecule has 1 aromatic carbocycles. The number of hydrogen-bond donors (Lipinski definition) is 1. The molecule has 1 N–H and O–H groups in total. The first-order valence-electron chi connectivity index (χ1n) is 6.83. The number of benzene rings is 1. The van der Waals surface area contributed by atoms with Crippen molar-refractivity contribution in [1.82, 2.24) is 4.90 Å². The Hall–Kier alpha value is -0.580. The smallest absolute Gasteiger partial charge is 0.0762 e. The summed E-state index contributed by atoms with van der Waals surface area (Å²) >= 11 is 3.61. The number of nitrogens with zero attached hydrogens (tertiary/aromatic N) is 2. The summed E-state index contributed by atoms with van der Waals surface area (Å²) in [5.74, 6) is 0. The van der Waals surface area contributed by atoms with Gasteiger partial charge >= 0.3 is 0 Å². The molecule has 0 aliphatic carbocycles. The van der Waals surface area contributed by atoms with Crippen molar-refractivity contribution in [2.75, 3.05) is 38.6 Å². The van der Waals surface area contributed by atoms with Crippen LogP contribution in [0.15, 0.2) is 22.7 Å². The van der Waals surface area contributed by atoms with Gasteiger partial charge in [-0.2, -0.15) is 0 Å². The SMILES string of the molecule is CCN(CCCN(C)C)c1ccc([C@H](C)O)cc1Br. The first-order chi connectivity index (χ1) is 8.95. The maximum Gasteiger partial charge on any atom is 0.0762 e. The van der Waals surface area contributed by atoms with Gasteiger partial charge in [0, 0.05) is 17.6 Å². The van der Waals surface area contributed by atoms with Gasteiger partial charge in [-0.15, -0.1) is 0 Å². The lowest BCUT2D eigenvalue weighted by Gasteiger charge is -2.25. The fourth-order valence-corrected chi connectivity index (χ4v) is 2.71. The zero-order valence-corrected chi connectivity index (χ0v) is 13.9. The van der Waals surface area contributed by atoms with Crippen molar-refractivity contribution in [1.29, 1.82) is 0 Å². The fourth-order valence-electron chi connectivity index (χ4n) is 2.07. The molecule has 108 valence electrons.